The van der Waals surface area contributed by atoms with Crippen LogP contribution < -0.4 is 20.3 Å². The highest BCUT2D eigenvalue weighted by Gasteiger charge is 2.15. The maximum Gasteiger partial charge on any atom is 0.269 e. The van der Waals surface area contributed by atoms with Gasteiger partial charge in [0.15, 0.2) is 11.5 Å². The SMILES string of the molecule is O=C(CCCc1c[nH]c2ccccc12)NNC(=O)c1ccc2c(c1)OCCO2. The number of H-pyrrole nitrogens is 1. The van der Waals surface area contributed by atoms with Crippen LogP contribution in [-0.2, 0) is 11.2 Å². The molecule has 3 N–H and O–H groups in total. The van der Waals surface area contributed by atoms with Crippen molar-refractivity contribution in [3.8, 4) is 11.5 Å². The van der Waals surface area contributed by atoms with Gasteiger partial charge in [0.2, 0.25) is 5.91 Å². The van der Waals surface area contributed by atoms with Gasteiger partial charge in [0.1, 0.15) is 13.2 Å². The largest absolute Gasteiger partial charge is 0.486 e. The van der Waals surface area contributed by atoms with Crippen molar-refractivity contribution < 1.29 is 19.1 Å². The minimum atomic E-state index is -0.401. The first-order valence-corrected chi connectivity index (χ1v) is 9.24. The number of benzene rings is 2. The molecule has 2 amide bonds. The van der Waals surface area contributed by atoms with E-state index in [1.807, 2.05) is 24.4 Å². The van der Waals surface area contributed by atoms with Gasteiger partial charge in [-0.2, -0.15) is 0 Å². The summed E-state index contributed by atoms with van der Waals surface area (Å²) in [5.74, 6) is 0.515. The summed E-state index contributed by atoms with van der Waals surface area (Å²) in [6, 6.07) is 13.0. The highest BCUT2D eigenvalue weighted by Crippen LogP contribution is 2.30. The minimum absolute atomic E-state index is 0.231. The van der Waals surface area contributed by atoms with Crippen LogP contribution in [0, 0.1) is 0 Å². The average Bonchev–Trinajstić information content (AvgIpc) is 3.15. The molecule has 144 valence electrons. The van der Waals surface area contributed by atoms with E-state index in [-0.39, 0.29) is 5.91 Å². The summed E-state index contributed by atoms with van der Waals surface area (Å²) in [5, 5.41) is 1.18. The van der Waals surface area contributed by atoms with Gasteiger partial charge in [0.25, 0.3) is 5.91 Å². The van der Waals surface area contributed by atoms with Crippen molar-refractivity contribution in [1.82, 2.24) is 15.8 Å². The summed E-state index contributed by atoms with van der Waals surface area (Å²) >= 11 is 0. The van der Waals surface area contributed by atoms with Gasteiger partial charge in [-0.15, -0.1) is 0 Å². The van der Waals surface area contributed by atoms with Crippen molar-refractivity contribution >= 4 is 22.7 Å². The number of para-hydroxylation sites is 1. The molecule has 28 heavy (non-hydrogen) atoms. The van der Waals surface area contributed by atoms with Gasteiger partial charge < -0.3 is 14.5 Å². The number of aromatic nitrogens is 1. The molecule has 0 saturated carbocycles. The first-order chi connectivity index (χ1) is 13.7. The molecule has 7 heteroatoms. The Labute approximate surface area is 162 Å². The number of ether oxygens (including phenoxy) is 2. The number of rotatable bonds is 5. The van der Waals surface area contributed by atoms with Crippen molar-refractivity contribution in [3.63, 3.8) is 0 Å². The summed E-state index contributed by atoms with van der Waals surface area (Å²) in [7, 11) is 0. The molecular weight excluding hydrogens is 358 g/mol. The number of aromatic amines is 1. The third-order valence-electron chi connectivity index (χ3n) is 4.64. The van der Waals surface area contributed by atoms with Gasteiger partial charge >= 0.3 is 0 Å². The van der Waals surface area contributed by atoms with Crippen LogP contribution in [0.4, 0.5) is 0 Å². The Bertz CT molecular complexity index is 1010. The van der Waals surface area contributed by atoms with Crippen LogP contribution in [0.5, 0.6) is 11.5 Å². The smallest absolute Gasteiger partial charge is 0.269 e. The van der Waals surface area contributed by atoms with Gasteiger partial charge in [-0.1, -0.05) is 18.2 Å². The molecule has 0 atom stereocenters. The maximum atomic E-state index is 12.2. The Kier molecular flexibility index (Phi) is 5.14. The van der Waals surface area contributed by atoms with E-state index in [0.29, 0.717) is 43.1 Å². The molecule has 0 spiro atoms. The number of hydrazine groups is 1. The zero-order chi connectivity index (χ0) is 19.3. The number of fused-ring (bicyclic) bond motifs is 2. The summed E-state index contributed by atoms with van der Waals surface area (Å²) in [5.41, 5.74) is 7.57. The first kappa shape index (κ1) is 17.9. The summed E-state index contributed by atoms with van der Waals surface area (Å²) in [6.45, 7) is 0.943. The van der Waals surface area contributed by atoms with Crippen molar-refractivity contribution in [2.75, 3.05) is 13.2 Å². The van der Waals surface area contributed by atoms with E-state index in [1.54, 1.807) is 18.2 Å². The minimum Gasteiger partial charge on any atom is -0.486 e. The fourth-order valence-corrected chi connectivity index (χ4v) is 3.22. The fraction of sp³-hybridized carbons (Fsp3) is 0.238. The second kappa shape index (κ2) is 8.04. The highest BCUT2D eigenvalue weighted by atomic mass is 16.6. The van der Waals surface area contributed by atoms with Crippen molar-refractivity contribution in [2.45, 2.75) is 19.3 Å². The number of aryl methyl sites for hydroxylation is 1. The van der Waals surface area contributed by atoms with E-state index in [9.17, 15) is 9.59 Å². The third kappa shape index (κ3) is 3.93. The van der Waals surface area contributed by atoms with Gasteiger partial charge in [0.05, 0.1) is 0 Å². The Balaban J connectivity index is 1.24. The molecule has 1 aliphatic heterocycles. The third-order valence-corrected chi connectivity index (χ3v) is 4.64. The van der Waals surface area contributed by atoms with Gasteiger partial charge in [-0.05, 0) is 42.7 Å². The predicted octanol–water partition coefficient (Wildman–Crippen LogP) is 2.72. The predicted molar refractivity (Wildman–Crippen MR) is 104 cm³/mol. The molecule has 2 aromatic carbocycles. The number of hydrogen-bond acceptors (Lipinski definition) is 4. The van der Waals surface area contributed by atoms with Crippen LogP contribution in [0.25, 0.3) is 10.9 Å². The van der Waals surface area contributed by atoms with Gasteiger partial charge in [-0.25, -0.2) is 0 Å². The lowest BCUT2D eigenvalue weighted by atomic mass is 10.1. The van der Waals surface area contributed by atoms with Gasteiger partial charge in [-0.3, -0.25) is 20.4 Å². The Hall–Kier alpha value is -3.48. The van der Waals surface area contributed by atoms with Crippen LogP contribution in [-0.4, -0.2) is 30.0 Å². The molecule has 0 radical (unpaired) electrons. The lowest BCUT2D eigenvalue weighted by Gasteiger charge is -2.18. The molecule has 2 heterocycles. The molecule has 0 unspecified atom stereocenters. The average molecular weight is 379 g/mol. The van der Waals surface area contributed by atoms with Gasteiger partial charge in [0, 0.05) is 29.1 Å². The second-order valence-electron chi connectivity index (χ2n) is 6.57. The zero-order valence-corrected chi connectivity index (χ0v) is 15.3. The number of amides is 2. The Morgan fingerprint density at radius 3 is 2.71 bits per heavy atom. The summed E-state index contributed by atoms with van der Waals surface area (Å²) in [6.07, 6.45) is 3.77. The van der Waals surface area contributed by atoms with E-state index >= 15 is 0 Å². The van der Waals surface area contributed by atoms with Crippen LogP contribution in [0.2, 0.25) is 0 Å². The highest BCUT2D eigenvalue weighted by molar-refractivity contribution is 5.96. The molecule has 4 rings (SSSR count). The number of nitrogens with one attached hydrogen (secondary N) is 3. The van der Waals surface area contributed by atoms with E-state index in [1.165, 1.54) is 10.9 Å². The molecule has 1 aliphatic rings. The maximum absolute atomic E-state index is 12.2. The standard InChI is InChI=1S/C21H21N3O4/c25-20(7-3-4-15-13-22-17-6-2-1-5-16(15)17)23-24-21(26)14-8-9-18-19(12-14)28-11-10-27-18/h1-2,5-6,8-9,12-13,22H,3-4,7,10-11H2,(H,23,25)(H,24,26). The summed E-state index contributed by atoms with van der Waals surface area (Å²) < 4.78 is 10.9. The lowest BCUT2D eigenvalue weighted by Crippen LogP contribution is -2.41. The number of carbonyl (C=O) groups is 2. The second-order valence-corrected chi connectivity index (χ2v) is 6.57. The van der Waals surface area contributed by atoms with Crippen LogP contribution in [0.15, 0.2) is 48.7 Å². The quantitative estimate of drug-likeness (QED) is 0.595. The summed E-state index contributed by atoms with van der Waals surface area (Å²) in [4.78, 5) is 27.5. The number of hydrogen-bond donors (Lipinski definition) is 3. The normalized spacial score (nSPS) is 12.6. The van der Waals surface area contributed by atoms with E-state index in [4.69, 9.17) is 9.47 Å². The number of carbonyl (C=O) groups excluding carboxylic acids is 2. The van der Waals surface area contributed by atoms with E-state index < -0.39 is 5.91 Å². The fourth-order valence-electron chi connectivity index (χ4n) is 3.22. The molecular formula is C21H21N3O4. The molecule has 1 aromatic heterocycles. The van der Waals surface area contributed by atoms with Crippen LogP contribution in [0.3, 0.4) is 0 Å². The van der Waals surface area contributed by atoms with E-state index in [0.717, 1.165) is 11.9 Å². The zero-order valence-electron chi connectivity index (χ0n) is 15.3. The van der Waals surface area contributed by atoms with Crippen LogP contribution >= 0.6 is 0 Å². The monoisotopic (exact) mass is 379 g/mol. The van der Waals surface area contributed by atoms with Crippen LogP contribution in [0.1, 0.15) is 28.8 Å². The molecule has 0 aliphatic carbocycles. The lowest BCUT2D eigenvalue weighted by molar-refractivity contribution is -0.121. The Morgan fingerprint density at radius 1 is 1.00 bits per heavy atom. The topological polar surface area (TPSA) is 92.5 Å². The van der Waals surface area contributed by atoms with E-state index in [2.05, 4.69) is 21.9 Å². The molecule has 7 nitrogen and oxygen atoms in total. The Morgan fingerprint density at radius 2 is 1.82 bits per heavy atom. The molecule has 0 fully saturated rings. The van der Waals surface area contributed by atoms with Crippen molar-refractivity contribution in [2.24, 2.45) is 0 Å². The van der Waals surface area contributed by atoms with Crippen molar-refractivity contribution in [3.05, 3.63) is 59.8 Å². The molecule has 3 aromatic rings. The first-order valence-electron chi connectivity index (χ1n) is 9.24. The molecule has 0 saturated heterocycles. The molecule has 0 bridgehead atoms. The van der Waals surface area contributed by atoms with Crippen molar-refractivity contribution in [1.29, 1.82) is 0 Å².